The summed E-state index contributed by atoms with van der Waals surface area (Å²) in [6.45, 7) is 0. The van der Waals surface area contributed by atoms with Gasteiger partial charge in [0.25, 0.3) is 0 Å². The van der Waals surface area contributed by atoms with Gasteiger partial charge in [0.1, 0.15) is 0 Å². The number of hydrogen-bond acceptors (Lipinski definition) is 4. The fraction of sp³-hybridized carbons (Fsp3) is 0.769. The topological polar surface area (TPSA) is 42.4 Å². The van der Waals surface area contributed by atoms with Gasteiger partial charge in [-0.1, -0.05) is 0 Å². The number of nitrogens with zero attached hydrogens (tertiary/aromatic N) is 1. The van der Waals surface area contributed by atoms with Crippen molar-refractivity contribution in [3.05, 3.63) is 15.6 Å². The molecule has 1 aliphatic carbocycles. The molecule has 2 bridgehead atoms. The molecule has 1 aromatic rings. The number of aryl methyl sites for hydroxylation is 1. The first kappa shape index (κ1) is 10.5. The number of fused-ring (bicyclic) bond motifs is 3. The SMILES string of the molecule is OC1CCCc2sc(C3CC4CCC3O4)nc21. The van der Waals surface area contributed by atoms with Crippen LogP contribution in [0.3, 0.4) is 0 Å². The maximum Gasteiger partial charge on any atom is 0.0990 e. The van der Waals surface area contributed by atoms with Crippen LogP contribution in [0.25, 0.3) is 0 Å². The molecule has 92 valence electrons. The minimum absolute atomic E-state index is 0.316. The summed E-state index contributed by atoms with van der Waals surface area (Å²) in [4.78, 5) is 6.04. The first-order valence-corrected chi connectivity index (χ1v) is 7.46. The minimum Gasteiger partial charge on any atom is -0.387 e. The Labute approximate surface area is 105 Å². The van der Waals surface area contributed by atoms with Crippen molar-refractivity contribution in [2.45, 2.75) is 62.8 Å². The molecule has 3 nitrogen and oxygen atoms in total. The van der Waals surface area contributed by atoms with Gasteiger partial charge in [0.05, 0.1) is 29.0 Å². The predicted octanol–water partition coefficient (Wildman–Crippen LogP) is 2.55. The molecule has 1 aromatic heterocycles. The summed E-state index contributed by atoms with van der Waals surface area (Å²) in [6, 6.07) is 0. The van der Waals surface area contributed by atoms with Crippen molar-refractivity contribution < 1.29 is 9.84 Å². The van der Waals surface area contributed by atoms with E-state index in [2.05, 4.69) is 0 Å². The van der Waals surface area contributed by atoms with Gasteiger partial charge in [0, 0.05) is 10.8 Å². The standard InChI is InChI=1S/C13H17NO2S/c15-9-2-1-3-11-12(9)14-13(17-11)8-6-7-4-5-10(8)16-7/h7-10,15H,1-6H2. The largest absolute Gasteiger partial charge is 0.387 e. The molecule has 0 spiro atoms. The molecular formula is C13H17NO2S. The van der Waals surface area contributed by atoms with Gasteiger partial charge in [-0.05, 0) is 38.5 Å². The highest BCUT2D eigenvalue weighted by Gasteiger charge is 2.43. The van der Waals surface area contributed by atoms with Crippen LogP contribution in [0.4, 0.5) is 0 Å². The average Bonchev–Trinajstić information content (AvgIpc) is 3.03. The Hall–Kier alpha value is -0.450. The van der Waals surface area contributed by atoms with Crippen LogP contribution in [0.5, 0.6) is 0 Å². The summed E-state index contributed by atoms with van der Waals surface area (Å²) in [5, 5.41) is 11.2. The lowest BCUT2D eigenvalue weighted by Gasteiger charge is -2.15. The quantitative estimate of drug-likeness (QED) is 0.834. The van der Waals surface area contributed by atoms with E-state index < -0.39 is 0 Å². The zero-order valence-corrected chi connectivity index (χ0v) is 10.6. The Morgan fingerprint density at radius 1 is 1.29 bits per heavy atom. The molecule has 3 aliphatic rings. The van der Waals surface area contributed by atoms with Crippen molar-refractivity contribution >= 4 is 11.3 Å². The van der Waals surface area contributed by atoms with E-state index in [1.165, 1.54) is 22.7 Å². The van der Waals surface area contributed by atoms with Gasteiger partial charge in [0.2, 0.25) is 0 Å². The number of aromatic nitrogens is 1. The van der Waals surface area contributed by atoms with E-state index in [9.17, 15) is 5.11 Å². The van der Waals surface area contributed by atoms with Crippen LogP contribution in [0.15, 0.2) is 0 Å². The third-order valence-electron chi connectivity index (χ3n) is 4.36. The molecule has 0 saturated carbocycles. The van der Waals surface area contributed by atoms with E-state index in [0.29, 0.717) is 18.1 Å². The van der Waals surface area contributed by atoms with Crippen molar-refractivity contribution in [2.24, 2.45) is 0 Å². The first-order valence-electron chi connectivity index (χ1n) is 6.64. The molecule has 2 aliphatic heterocycles. The summed E-state index contributed by atoms with van der Waals surface area (Å²) < 4.78 is 5.90. The van der Waals surface area contributed by atoms with Crippen LogP contribution in [0.1, 0.15) is 59.7 Å². The second kappa shape index (κ2) is 3.77. The van der Waals surface area contributed by atoms with E-state index >= 15 is 0 Å². The minimum atomic E-state index is -0.316. The predicted molar refractivity (Wildman–Crippen MR) is 65.3 cm³/mol. The Morgan fingerprint density at radius 3 is 2.94 bits per heavy atom. The molecule has 0 amide bonds. The highest BCUT2D eigenvalue weighted by molar-refractivity contribution is 7.11. The lowest BCUT2D eigenvalue weighted by atomic mass is 9.90. The van der Waals surface area contributed by atoms with Gasteiger partial charge < -0.3 is 9.84 Å². The smallest absolute Gasteiger partial charge is 0.0990 e. The van der Waals surface area contributed by atoms with Crippen LogP contribution in [0, 0.1) is 0 Å². The molecule has 17 heavy (non-hydrogen) atoms. The molecule has 0 aromatic carbocycles. The maximum atomic E-state index is 9.96. The lowest BCUT2D eigenvalue weighted by molar-refractivity contribution is 0.100. The third-order valence-corrected chi connectivity index (χ3v) is 5.63. The van der Waals surface area contributed by atoms with E-state index in [4.69, 9.17) is 9.72 Å². The molecule has 0 radical (unpaired) electrons. The van der Waals surface area contributed by atoms with Gasteiger partial charge in [-0.15, -0.1) is 11.3 Å². The van der Waals surface area contributed by atoms with Crippen LogP contribution in [-0.2, 0) is 11.2 Å². The van der Waals surface area contributed by atoms with Crippen molar-refractivity contribution in [2.75, 3.05) is 0 Å². The van der Waals surface area contributed by atoms with Gasteiger partial charge in [-0.2, -0.15) is 0 Å². The number of hydrogen-bond donors (Lipinski definition) is 1. The maximum absolute atomic E-state index is 9.96. The highest BCUT2D eigenvalue weighted by atomic mass is 32.1. The van der Waals surface area contributed by atoms with Crippen LogP contribution >= 0.6 is 11.3 Å². The lowest BCUT2D eigenvalue weighted by Crippen LogP contribution is -2.14. The normalized spacial score (nSPS) is 39.6. The van der Waals surface area contributed by atoms with Gasteiger partial charge in [-0.25, -0.2) is 4.98 Å². The number of ether oxygens (including phenoxy) is 1. The van der Waals surface area contributed by atoms with Crippen molar-refractivity contribution in [3.63, 3.8) is 0 Å². The molecule has 2 saturated heterocycles. The third kappa shape index (κ3) is 1.58. The van der Waals surface area contributed by atoms with Crippen LogP contribution in [0.2, 0.25) is 0 Å². The Bertz CT molecular complexity index is 445. The Morgan fingerprint density at radius 2 is 2.24 bits per heavy atom. The van der Waals surface area contributed by atoms with Crippen molar-refractivity contribution in [3.8, 4) is 0 Å². The average molecular weight is 251 g/mol. The molecule has 1 N–H and O–H groups in total. The van der Waals surface area contributed by atoms with Crippen molar-refractivity contribution in [1.82, 2.24) is 4.98 Å². The number of aliphatic hydroxyl groups is 1. The highest BCUT2D eigenvalue weighted by Crippen LogP contribution is 2.47. The summed E-state index contributed by atoms with van der Waals surface area (Å²) in [7, 11) is 0. The monoisotopic (exact) mass is 251 g/mol. The molecule has 4 heteroatoms. The summed E-state index contributed by atoms with van der Waals surface area (Å²) in [5.74, 6) is 0.511. The van der Waals surface area contributed by atoms with Gasteiger partial charge >= 0.3 is 0 Å². The van der Waals surface area contributed by atoms with Crippen molar-refractivity contribution in [1.29, 1.82) is 0 Å². The molecule has 4 atom stereocenters. The second-order valence-corrected chi connectivity index (χ2v) is 6.60. The molecule has 3 heterocycles. The van der Waals surface area contributed by atoms with Crippen LogP contribution < -0.4 is 0 Å². The van der Waals surface area contributed by atoms with Gasteiger partial charge in [-0.3, -0.25) is 0 Å². The summed E-state index contributed by atoms with van der Waals surface area (Å²) in [6.07, 6.45) is 7.23. The first-order chi connectivity index (χ1) is 8.31. The zero-order chi connectivity index (χ0) is 11.4. The number of aliphatic hydroxyl groups excluding tert-OH is 1. The number of rotatable bonds is 1. The van der Waals surface area contributed by atoms with Gasteiger partial charge in [0.15, 0.2) is 0 Å². The second-order valence-electron chi connectivity index (χ2n) is 5.48. The molecule has 2 fully saturated rings. The van der Waals surface area contributed by atoms with Crippen LogP contribution in [-0.4, -0.2) is 22.3 Å². The zero-order valence-electron chi connectivity index (χ0n) is 9.76. The molecular weight excluding hydrogens is 234 g/mol. The van der Waals surface area contributed by atoms with E-state index in [-0.39, 0.29) is 6.10 Å². The number of thiazole rings is 1. The Kier molecular flexibility index (Phi) is 2.32. The summed E-state index contributed by atoms with van der Waals surface area (Å²) >= 11 is 1.82. The fourth-order valence-corrected chi connectivity index (χ4v) is 4.80. The van der Waals surface area contributed by atoms with E-state index in [1.807, 2.05) is 11.3 Å². The van der Waals surface area contributed by atoms with E-state index in [0.717, 1.165) is 31.4 Å². The van der Waals surface area contributed by atoms with E-state index in [1.54, 1.807) is 0 Å². The molecule has 4 rings (SSSR count). The fourth-order valence-electron chi connectivity index (χ4n) is 3.47. The Balaban J connectivity index is 1.66. The molecule has 4 unspecified atom stereocenters. The summed E-state index contributed by atoms with van der Waals surface area (Å²) in [5.41, 5.74) is 0.971.